The van der Waals surface area contributed by atoms with E-state index in [1.165, 1.54) is 22.3 Å². The molecule has 2 aromatic heterocycles. The van der Waals surface area contributed by atoms with Crippen molar-refractivity contribution in [3.05, 3.63) is 93.8 Å². The number of carbonyl (C=O) groups is 5. The normalized spacial score (nSPS) is 19.7. The van der Waals surface area contributed by atoms with Gasteiger partial charge in [0.15, 0.2) is 16.7 Å². The number of imide groups is 1. The average molecular weight is 905 g/mol. The van der Waals surface area contributed by atoms with Gasteiger partial charge in [0.2, 0.25) is 23.6 Å². The van der Waals surface area contributed by atoms with Gasteiger partial charge in [-0.15, -0.1) is 11.3 Å². The molecule has 1 atom stereocenters. The monoisotopic (exact) mass is 904 g/mol. The molecular weight excluding hydrogens is 855 g/mol. The number of rotatable bonds is 21. The van der Waals surface area contributed by atoms with Gasteiger partial charge in [-0.2, -0.15) is 0 Å². The minimum atomic E-state index is -0.760. The molecule has 1 saturated carbocycles. The molecule has 4 heterocycles. The summed E-state index contributed by atoms with van der Waals surface area (Å²) in [6.07, 6.45) is 5.09. The Balaban J connectivity index is 0.778. The number of piperidine rings is 1. The van der Waals surface area contributed by atoms with Gasteiger partial charge in [0, 0.05) is 61.1 Å². The molecule has 0 bridgehead atoms. The van der Waals surface area contributed by atoms with Crippen molar-refractivity contribution in [3.63, 3.8) is 0 Å². The second-order valence-corrected chi connectivity index (χ2v) is 16.9. The standard InChI is InChI=1S/C44H50ClFN8O8S/c45-33-5-2-6-35(39(33)46)62-31-12-14-44(15-13-31,25-30-4-1-7-36(50-30)52-43-49-18-23-63-43)42(59)48-17-20-61-22-21-60-19-3-16-47-26-38(56)51-29-8-9-32-28(24-29)27-54(41(32)58)34-10-11-37(55)53-40(34)57/h1-2,4-9,18,23-24,31,34,47H,3,10-17,19-22,25-27H2,(H,48,59)(H,51,56)(H,49,50,52)(H,53,55,57)/t31-,34?,44-. The minimum absolute atomic E-state index is 0.00425. The van der Waals surface area contributed by atoms with E-state index >= 15 is 0 Å². The van der Waals surface area contributed by atoms with Crippen LogP contribution in [0.5, 0.6) is 5.75 Å². The zero-order chi connectivity index (χ0) is 44.2. The third-order valence-corrected chi connectivity index (χ3v) is 12.2. The van der Waals surface area contributed by atoms with Crippen LogP contribution in [0, 0.1) is 11.2 Å². The Morgan fingerprint density at radius 3 is 2.59 bits per heavy atom. The molecule has 2 aromatic carbocycles. The maximum Gasteiger partial charge on any atom is 0.255 e. The first-order chi connectivity index (χ1) is 30.6. The van der Waals surface area contributed by atoms with Crippen LogP contribution in [0.4, 0.5) is 21.0 Å². The van der Waals surface area contributed by atoms with Gasteiger partial charge in [-0.1, -0.05) is 23.7 Å². The van der Waals surface area contributed by atoms with Crippen LogP contribution in [0.25, 0.3) is 0 Å². The Labute approximate surface area is 373 Å². The number of amides is 5. The topological polar surface area (TPSA) is 202 Å². The molecule has 5 N–H and O–H groups in total. The van der Waals surface area contributed by atoms with Crippen molar-refractivity contribution in [2.75, 3.05) is 56.7 Å². The lowest BCUT2D eigenvalue weighted by Crippen LogP contribution is -2.52. The Morgan fingerprint density at radius 1 is 0.984 bits per heavy atom. The third-order valence-electron chi connectivity index (χ3n) is 11.2. The highest BCUT2D eigenvalue weighted by Crippen LogP contribution is 2.41. The van der Waals surface area contributed by atoms with Crippen LogP contribution < -0.4 is 31.3 Å². The Kier molecular flexibility index (Phi) is 15.7. The van der Waals surface area contributed by atoms with E-state index in [0.717, 1.165) is 10.8 Å². The van der Waals surface area contributed by atoms with Gasteiger partial charge < -0.3 is 40.4 Å². The van der Waals surface area contributed by atoms with Crippen LogP contribution in [-0.2, 0) is 41.6 Å². The van der Waals surface area contributed by atoms with E-state index in [2.05, 4.69) is 31.6 Å². The van der Waals surface area contributed by atoms with Crippen molar-refractivity contribution in [2.24, 2.45) is 5.41 Å². The number of halogens is 2. The summed E-state index contributed by atoms with van der Waals surface area (Å²) < 4.78 is 32.0. The summed E-state index contributed by atoms with van der Waals surface area (Å²) in [5.41, 5.74) is 1.72. The quantitative estimate of drug-likeness (QED) is 0.0545. The van der Waals surface area contributed by atoms with E-state index < -0.39 is 23.2 Å². The molecule has 1 aliphatic carbocycles. The number of aromatic nitrogens is 2. The Bertz CT molecular complexity index is 2260. The predicted molar refractivity (Wildman–Crippen MR) is 233 cm³/mol. The van der Waals surface area contributed by atoms with E-state index in [4.69, 9.17) is 30.8 Å². The fourth-order valence-electron chi connectivity index (χ4n) is 7.99. The number of hydrogen-bond acceptors (Lipinski definition) is 13. The lowest BCUT2D eigenvalue weighted by atomic mass is 9.69. The molecule has 7 rings (SSSR count). The summed E-state index contributed by atoms with van der Waals surface area (Å²) in [4.78, 5) is 73.8. The lowest BCUT2D eigenvalue weighted by molar-refractivity contribution is -0.137. The van der Waals surface area contributed by atoms with Crippen LogP contribution in [0.3, 0.4) is 0 Å². The van der Waals surface area contributed by atoms with Crippen molar-refractivity contribution in [3.8, 4) is 5.75 Å². The molecule has 334 valence electrons. The third kappa shape index (κ3) is 12.1. The molecule has 0 spiro atoms. The van der Waals surface area contributed by atoms with E-state index in [-0.39, 0.29) is 66.4 Å². The number of ether oxygens (including phenoxy) is 3. The van der Waals surface area contributed by atoms with Gasteiger partial charge in [-0.05, 0) is 93.1 Å². The van der Waals surface area contributed by atoms with Crippen molar-refractivity contribution >= 4 is 69.1 Å². The van der Waals surface area contributed by atoms with E-state index in [9.17, 15) is 28.4 Å². The second kappa shape index (κ2) is 21.7. The summed E-state index contributed by atoms with van der Waals surface area (Å²) in [6, 6.07) is 14.7. The zero-order valence-corrected chi connectivity index (χ0v) is 36.2. The summed E-state index contributed by atoms with van der Waals surface area (Å²) >= 11 is 7.44. The van der Waals surface area contributed by atoms with E-state index in [1.807, 2.05) is 23.6 Å². The first-order valence-electron chi connectivity index (χ1n) is 21.0. The SMILES string of the molecule is O=C1CCC(N2Cc3cc(NC(=O)CNCCCOCCOCCNC(=O)[C@]4(Cc5cccc(Nc6nccs6)n5)CC[C@@H](Oc5cccc(Cl)c5F)CC4)ccc3C2=O)C(=O)N1. The number of anilines is 3. The van der Waals surface area contributed by atoms with Crippen LogP contribution >= 0.6 is 22.9 Å². The van der Waals surface area contributed by atoms with E-state index in [1.54, 1.807) is 36.5 Å². The highest BCUT2D eigenvalue weighted by Gasteiger charge is 2.43. The molecule has 1 saturated heterocycles. The number of nitrogens with zero attached hydrogens (tertiary/aromatic N) is 3. The number of fused-ring (bicyclic) bond motifs is 1. The molecule has 1 unspecified atom stereocenters. The van der Waals surface area contributed by atoms with Crippen LogP contribution in [0.15, 0.2) is 66.2 Å². The van der Waals surface area contributed by atoms with Crippen LogP contribution in [0.2, 0.25) is 5.02 Å². The molecule has 19 heteroatoms. The second-order valence-electron chi connectivity index (χ2n) is 15.6. The molecule has 2 aliphatic heterocycles. The van der Waals surface area contributed by atoms with Crippen molar-refractivity contribution < 1.29 is 42.6 Å². The van der Waals surface area contributed by atoms with Crippen LogP contribution in [0.1, 0.15) is 66.6 Å². The molecular formula is C44H50ClFN8O8S. The van der Waals surface area contributed by atoms with Gasteiger partial charge in [0.25, 0.3) is 5.91 Å². The summed E-state index contributed by atoms with van der Waals surface area (Å²) in [7, 11) is 0. The van der Waals surface area contributed by atoms with Gasteiger partial charge in [0.1, 0.15) is 11.9 Å². The zero-order valence-electron chi connectivity index (χ0n) is 34.6. The number of nitrogens with one attached hydrogen (secondary N) is 5. The summed E-state index contributed by atoms with van der Waals surface area (Å²) in [6.45, 7) is 2.64. The maximum atomic E-state index is 14.6. The predicted octanol–water partition coefficient (Wildman–Crippen LogP) is 5.15. The number of pyridine rings is 1. The highest BCUT2D eigenvalue weighted by atomic mass is 35.5. The van der Waals surface area contributed by atoms with Crippen molar-refractivity contribution in [1.82, 2.24) is 30.8 Å². The molecule has 4 aromatic rings. The van der Waals surface area contributed by atoms with Crippen LogP contribution in [-0.4, -0.2) is 103 Å². The van der Waals surface area contributed by atoms with Crippen molar-refractivity contribution in [1.29, 1.82) is 0 Å². The molecule has 3 aliphatic rings. The highest BCUT2D eigenvalue weighted by molar-refractivity contribution is 7.13. The number of carbonyl (C=O) groups excluding carboxylic acids is 5. The largest absolute Gasteiger partial charge is 0.487 e. The van der Waals surface area contributed by atoms with Gasteiger partial charge in [-0.3, -0.25) is 29.3 Å². The summed E-state index contributed by atoms with van der Waals surface area (Å²) in [5, 5.41) is 17.1. The molecule has 0 radical (unpaired) electrons. The van der Waals surface area contributed by atoms with Gasteiger partial charge >= 0.3 is 0 Å². The van der Waals surface area contributed by atoms with E-state index in [0.29, 0.717) is 101 Å². The fourth-order valence-corrected chi connectivity index (χ4v) is 8.70. The molecule has 2 fully saturated rings. The Morgan fingerprint density at radius 2 is 1.79 bits per heavy atom. The first kappa shape index (κ1) is 45.5. The number of benzene rings is 2. The fraction of sp³-hybridized carbons (Fsp3) is 0.432. The van der Waals surface area contributed by atoms with Crippen molar-refractivity contribution in [2.45, 2.75) is 70.1 Å². The molecule has 5 amide bonds. The minimum Gasteiger partial charge on any atom is -0.487 e. The summed E-state index contributed by atoms with van der Waals surface area (Å²) in [5.74, 6) is -1.28. The molecule has 63 heavy (non-hydrogen) atoms. The smallest absolute Gasteiger partial charge is 0.255 e. The maximum absolute atomic E-state index is 14.6. The first-order valence-corrected chi connectivity index (χ1v) is 22.3. The van der Waals surface area contributed by atoms with Gasteiger partial charge in [-0.25, -0.2) is 14.4 Å². The number of hydrogen-bond donors (Lipinski definition) is 5. The Hall–Kier alpha value is -5.53. The number of thiazole rings is 1. The van der Waals surface area contributed by atoms with Gasteiger partial charge in [0.05, 0.1) is 42.9 Å². The lowest BCUT2D eigenvalue weighted by Gasteiger charge is -2.39. The molecule has 16 nitrogen and oxygen atoms in total. The average Bonchev–Trinajstić information content (AvgIpc) is 3.90.